The first-order valence-corrected chi connectivity index (χ1v) is 11.1. The molecule has 2 aromatic rings. The third-order valence-corrected chi connectivity index (χ3v) is 6.30. The summed E-state index contributed by atoms with van der Waals surface area (Å²) in [6, 6.07) is 5.66. The van der Waals surface area contributed by atoms with E-state index in [9.17, 15) is 22.8 Å². The normalized spacial score (nSPS) is 15.7. The van der Waals surface area contributed by atoms with Gasteiger partial charge in [0.05, 0.1) is 19.9 Å². The summed E-state index contributed by atoms with van der Waals surface area (Å²) in [5.74, 6) is -2.60. The average Bonchev–Trinajstić information content (AvgIpc) is 3.30. The molecule has 2 amide bonds. The molecular weight excluding hydrogens is 445 g/mol. The third kappa shape index (κ3) is 5.35. The number of thiophene rings is 1. The standard InChI is InChI=1S/C22H25F3N2O4S/c1-30-15-10-11-17(31-2)16(13-15)27(21(29)22(23,24)25)19(18-9-6-12-32-18)20(28)26-14-7-4-3-5-8-14/h6,9-14,19H,3-5,7-8H2,1-2H3,(H,26,28)/t19-/m0/s1. The van der Waals surface area contributed by atoms with Crippen LogP contribution in [0.2, 0.25) is 0 Å². The Labute approximate surface area is 188 Å². The largest absolute Gasteiger partial charge is 0.497 e. The molecular formula is C22H25F3N2O4S. The van der Waals surface area contributed by atoms with E-state index in [0.717, 1.165) is 43.4 Å². The molecule has 1 heterocycles. The molecule has 0 radical (unpaired) electrons. The van der Waals surface area contributed by atoms with E-state index in [-0.39, 0.29) is 23.2 Å². The van der Waals surface area contributed by atoms with Crippen LogP contribution < -0.4 is 19.7 Å². The molecule has 0 saturated heterocycles. The van der Waals surface area contributed by atoms with Gasteiger partial charge in [-0.05, 0) is 36.4 Å². The van der Waals surface area contributed by atoms with Crippen LogP contribution >= 0.6 is 11.3 Å². The van der Waals surface area contributed by atoms with Crippen LogP contribution in [0.3, 0.4) is 0 Å². The predicted molar refractivity (Wildman–Crippen MR) is 115 cm³/mol. The van der Waals surface area contributed by atoms with Gasteiger partial charge in [0.2, 0.25) is 5.91 Å². The van der Waals surface area contributed by atoms with Gasteiger partial charge in [-0.2, -0.15) is 13.2 Å². The maximum atomic E-state index is 13.7. The van der Waals surface area contributed by atoms with Crippen molar-refractivity contribution in [2.45, 2.75) is 50.4 Å². The summed E-state index contributed by atoms with van der Waals surface area (Å²) in [7, 11) is 2.64. The van der Waals surface area contributed by atoms with Crippen LogP contribution in [0.15, 0.2) is 35.7 Å². The number of halogens is 3. The van der Waals surface area contributed by atoms with Gasteiger partial charge in [-0.3, -0.25) is 14.5 Å². The van der Waals surface area contributed by atoms with E-state index >= 15 is 0 Å². The van der Waals surface area contributed by atoms with Crippen molar-refractivity contribution in [3.05, 3.63) is 40.6 Å². The van der Waals surface area contributed by atoms with E-state index in [2.05, 4.69) is 5.32 Å². The van der Waals surface area contributed by atoms with Gasteiger partial charge in [-0.1, -0.05) is 25.3 Å². The van der Waals surface area contributed by atoms with Crippen LogP contribution in [0, 0.1) is 0 Å². The Balaban J connectivity index is 2.12. The van der Waals surface area contributed by atoms with Crippen molar-refractivity contribution >= 4 is 28.8 Å². The Morgan fingerprint density at radius 2 is 1.84 bits per heavy atom. The fraction of sp³-hybridized carbons (Fsp3) is 0.455. The molecule has 0 bridgehead atoms. The summed E-state index contributed by atoms with van der Waals surface area (Å²) in [5, 5.41) is 4.51. The monoisotopic (exact) mass is 470 g/mol. The van der Waals surface area contributed by atoms with Gasteiger partial charge in [0.1, 0.15) is 11.5 Å². The molecule has 174 valence electrons. The number of anilines is 1. The van der Waals surface area contributed by atoms with Crippen molar-refractivity contribution in [1.82, 2.24) is 5.32 Å². The quantitative estimate of drug-likeness (QED) is 0.628. The van der Waals surface area contributed by atoms with Crippen molar-refractivity contribution in [3.63, 3.8) is 0 Å². The summed E-state index contributed by atoms with van der Waals surface area (Å²) >= 11 is 1.10. The number of carbonyl (C=O) groups is 2. The number of benzene rings is 1. The number of methoxy groups -OCH3 is 2. The number of hydrogen-bond donors (Lipinski definition) is 1. The van der Waals surface area contributed by atoms with E-state index in [1.54, 1.807) is 17.5 Å². The summed E-state index contributed by atoms with van der Waals surface area (Å²) in [5.41, 5.74) is -0.202. The van der Waals surface area contributed by atoms with Gasteiger partial charge in [0.15, 0.2) is 6.04 Å². The highest BCUT2D eigenvalue weighted by Gasteiger charge is 2.48. The molecule has 32 heavy (non-hydrogen) atoms. The molecule has 1 saturated carbocycles. The van der Waals surface area contributed by atoms with E-state index in [4.69, 9.17) is 9.47 Å². The highest BCUT2D eigenvalue weighted by atomic mass is 32.1. The van der Waals surface area contributed by atoms with Crippen molar-refractivity contribution < 1.29 is 32.2 Å². The lowest BCUT2D eigenvalue weighted by molar-refractivity contribution is -0.171. The summed E-state index contributed by atoms with van der Waals surface area (Å²) in [6.45, 7) is 0. The lowest BCUT2D eigenvalue weighted by Crippen LogP contribution is -2.50. The molecule has 3 rings (SSSR count). The van der Waals surface area contributed by atoms with Gasteiger partial charge in [0.25, 0.3) is 0 Å². The molecule has 1 aliphatic carbocycles. The van der Waals surface area contributed by atoms with Crippen molar-refractivity contribution in [2.24, 2.45) is 0 Å². The van der Waals surface area contributed by atoms with Gasteiger partial charge < -0.3 is 14.8 Å². The minimum absolute atomic E-state index is 0.00965. The minimum Gasteiger partial charge on any atom is -0.497 e. The van der Waals surface area contributed by atoms with Gasteiger partial charge in [-0.25, -0.2) is 0 Å². The number of hydrogen-bond acceptors (Lipinski definition) is 5. The zero-order valence-electron chi connectivity index (χ0n) is 17.8. The maximum absolute atomic E-state index is 13.7. The number of nitrogens with one attached hydrogen (secondary N) is 1. The first kappa shape index (κ1) is 23.9. The number of rotatable bonds is 7. The van der Waals surface area contributed by atoms with Crippen molar-refractivity contribution in [3.8, 4) is 11.5 Å². The molecule has 0 aliphatic heterocycles. The van der Waals surface area contributed by atoms with Crippen molar-refractivity contribution in [2.75, 3.05) is 19.1 Å². The highest BCUT2D eigenvalue weighted by Crippen LogP contribution is 2.41. The minimum atomic E-state index is -5.21. The Morgan fingerprint density at radius 1 is 1.12 bits per heavy atom. The summed E-state index contributed by atoms with van der Waals surface area (Å²) in [6.07, 6.45) is -0.792. The number of ether oxygens (including phenoxy) is 2. The van der Waals surface area contributed by atoms with Gasteiger partial charge >= 0.3 is 12.1 Å². The molecule has 0 unspecified atom stereocenters. The van der Waals surface area contributed by atoms with Crippen LogP contribution in [-0.4, -0.2) is 38.3 Å². The molecule has 1 N–H and O–H groups in total. The fourth-order valence-electron chi connectivity index (χ4n) is 3.83. The Morgan fingerprint density at radius 3 is 2.41 bits per heavy atom. The van der Waals surface area contributed by atoms with Crippen LogP contribution in [0.5, 0.6) is 11.5 Å². The van der Waals surface area contributed by atoms with Crippen LogP contribution in [0.25, 0.3) is 0 Å². The third-order valence-electron chi connectivity index (χ3n) is 5.38. The molecule has 0 spiro atoms. The smallest absolute Gasteiger partial charge is 0.471 e. The van der Waals surface area contributed by atoms with Crippen molar-refractivity contribution in [1.29, 1.82) is 0 Å². The van der Waals surface area contributed by atoms with E-state index in [0.29, 0.717) is 9.78 Å². The summed E-state index contributed by atoms with van der Waals surface area (Å²) < 4.78 is 51.6. The fourth-order valence-corrected chi connectivity index (χ4v) is 4.65. The second-order valence-electron chi connectivity index (χ2n) is 7.47. The van der Waals surface area contributed by atoms with Crippen LogP contribution in [-0.2, 0) is 9.59 Å². The van der Waals surface area contributed by atoms with Gasteiger partial charge in [0, 0.05) is 17.0 Å². The molecule has 1 aromatic heterocycles. The Kier molecular flexibility index (Phi) is 7.65. The van der Waals surface area contributed by atoms with E-state index in [1.165, 1.54) is 32.4 Å². The molecule has 1 aromatic carbocycles. The first-order valence-electron chi connectivity index (χ1n) is 10.2. The lowest BCUT2D eigenvalue weighted by atomic mass is 9.95. The van der Waals surface area contributed by atoms with Gasteiger partial charge in [-0.15, -0.1) is 11.3 Å². The number of nitrogens with zero attached hydrogens (tertiary/aromatic N) is 1. The molecule has 10 heteroatoms. The van der Waals surface area contributed by atoms with E-state index < -0.39 is 24.0 Å². The number of amides is 2. The molecule has 1 aliphatic rings. The zero-order valence-corrected chi connectivity index (χ0v) is 18.6. The molecule has 1 fully saturated rings. The second kappa shape index (κ2) is 10.2. The van der Waals surface area contributed by atoms with E-state index in [1.807, 2.05) is 0 Å². The number of carbonyl (C=O) groups excluding carboxylic acids is 2. The Bertz CT molecular complexity index is 928. The second-order valence-corrected chi connectivity index (χ2v) is 8.45. The topological polar surface area (TPSA) is 67.9 Å². The summed E-state index contributed by atoms with van der Waals surface area (Å²) in [4.78, 5) is 26.8. The molecule has 6 nitrogen and oxygen atoms in total. The first-order chi connectivity index (χ1) is 15.3. The number of alkyl halides is 3. The Hall–Kier alpha value is -2.75. The highest BCUT2D eigenvalue weighted by molar-refractivity contribution is 7.10. The lowest BCUT2D eigenvalue weighted by Gasteiger charge is -2.33. The zero-order chi connectivity index (χ0) is 23.3. The molecule has 1 atom stereocenters. The SMILES string of the molecule is COc1ccc(OC)c(N(C(=O)C(F)(F)F)[C@H](C(=O)NC2CCCCC2)c2cccs2)c1. The average molecular weight is 471 g/mol. The maximum Gasteiger partial charge on any atom is 0.471 e. The van der Waals surface area contributed by atoms with Crippen LogP contribution in [0.4, 0.5) is 18.9 Å². The van der Waals surface area contributed by atoms with Crippen LogP contribution in [0.1, 0.15) is 43.0 Å². The predicted octanol–water partition coefficient (Wildman–Crippen LogP) is 4.85.